The second-order valence-electron chi connectivity index (χ2n) is 5.46. The topological polar surface area (TPSA) is 64.4 Å². The van der Waals surface area contributed by atoms with Crippen molar-refractivity contribution in [3.63, 3.8) is 0 Å². The second kappa shape index (κ2) is 7.31. The molecule has 0 aromatic carbocycles. The number of ether oxygens (including phenoxy) is 1. The molecule has 1 aliphatic heterocycles. The molecule has 0 atom stereocenters. The third-order valence-corrected chi connectivity index (χ3v) is 4.35. The molecule has 1 saturated carbocycles. The third-order valence-electron chi connectivity index (χ3n) is 4.35. The van der Waals surface area contributed by atoms with Gasteiger partial charge in [-0.3, -0.25) is 4.79 Å². The first kappa shape index (κ1) is 15.7. The first-order valence-electron chi connectivity index (χ1n) is 6.83. The van der Waals surface area contributed by atoms with Crippen molar-refractivity contribution in [2.75, 3.05) is 26.3 Å². The number of hydrogen-bond donors (Lipinski definition) is 2. The molecular formula is C13H25ClN2O2. The Labute approximate surface area is 115 Å². The van der Waals surface area contributed by atoms with Crippen molar-refractivity contribution in [1.29, 1.82) is 0 Å². The zero-order chi connectivity index (χ0) is 12.1. The van der Waals surface area contributed by atoms with E-state index in [2.05, 4.69) is 5.32 Å². The summed E-state index contributed by atoms with van der Waals surface area (Å²) in [6.07, 6.45) is 6.69. The SMILES string of the molecule is Cl.NCC1(C(=O)NCC2CCCC2)CCOCC1. The number of nitrogens with two attached hydrogens (primary N) is 1. The normalized spacial score (nSPS) is 23.4. The number of hydrogen-bond acceptors (Lipinski definition) is 3. The molecule has 0 bridgehead atoms. The molecule has 2 fully saturated rings. The van der Waals surface area contributed by atoms with Gasteiger partial charge in [-0.2, -0.15) is 0 Å². The van der Waals surface area contributed by atoms with E-state index in [1.807, 2.05) is 0 Å². The molecule has 1 aliphatic carbocycles. The Bertz CT molecular complexity index is 262. The van der Waals surface area contributed by atoms with Gasteiger partial charge in [0.25, 0.3) is 0 Å². The van der Waals surface area contributed by atoms with Gasteiger partial charge in [0.05, 0.1) is 5.41 Å². The van der Waals surface area contributed by atoms with Gasteiger partial charge in [-0.05, 0) is 31.6 Å². The van der Waals surface area contributed by atoms with Crippen molar-refractivity contribution in [3.05, 3.63) is 0 Å². The van der Waals surface area contributed by atoms with Gasteiger partial charge in [0.2, 0.25) is 5.91 Å². The minimum Gasteiger partial charge on any atom is -0.381 e. The van der Waals surface area contributed by atoms with Gasteiger partial charge in [-0.1, -0.05) is 12.8 Å². The molecule has 0 spiro atoms. The minimum absolute atomic E-state index is 0. The maximum Gasteiger partial charge on any atom is 0.227 e. The van der Waals surface area contributed by atoms with E-state index in [-0.39, 0.29) is 23.7 Å². The number of halogens is 1. The van der Waals surface area contributed by atoms with Crippen molar-refractivity contribution in [1.82, 2.24) is 5.32 Å². The van der Waals surface area contributed by atoms with Crippen molar-refractivity contribution in [2.45, 2.75) is 38.5 Å². The molecule has 1 saturated heterocycles. The van der Waals surface area contributed by atoms with Crippen LogP contribution in [0.15, 0.2) is 0 Å². The smallest absolute Gasteiger partial charge is 0.227 e. The van der Waals surface area contributed by atoms with Crippen molar-refractivity contribution in [2.24, 2.45) is 17.1 Å². The highest BCUT2D eigenvalue weighted by Gasteiger charge is 2.38. The molecule has 2 rings (SSSR count). The van der Waals surface area contributed by atoms with Crippen LogP contribution < -0.4 is 11.1 Å². The van der Waals surface area contributed by atoms with Gasteiger partial charge in [0, 0.05) is 26.3 Å². The maximum atomic E-state index is 12.3. The van der Waals surface area contributed by atoms with Gasteiger partial charge >= 0.3 is 0 Å². The van der Waals surface area contributed by atoms with Crippen LogP contribution in [0.4, 0.5) is 0 Å². The molecule has 4 nitrogen and oxygen atoms in total. The zero-order valence-corrected chi connectivity index (χ0v) is 11.8. The Balaban J connectivity index is 0.00000162. The van der Waals surface area contributed by atoms with E-state index in [1.165, 1.54) is 25.7 Å². The fourth-order valence-electron chi connectivity index (χ4n) is 2.93. The molecule has 106 valence electrons. The van der Waals surface area contributed by atoms with Gasteiger partial charge in [0.15, 0.2) is 0 Å². The Morgan fingerprint density at radius 2 is 1.89 bits per heavy atom. The summed E-state index contributed by atoms with van der Waals surface area (Å²) >= 11 is 0. The lowest BCUT2D eigenvalue weighted by Gasteiger charge is -2.34. The van der Waals surface area contributed by atoms with Crippen LogP contribution in [-0.2, 0) is 9.53 Å². The van der Waals surface area contributed by atoms with Crippen molar-refractivity contribution in [3.8, 4) is 0 Å². The number of carbonyl (C=O) groups excluding carboxylic acids is 1. The molecule has 0 unspecified atom stereocenters. The van der Waals surface area contributed by atoms with Crippen LogP contribution in [0.1, 0.15) is 38.5 Å². The van der Waals surface area contributed by atoms with Crippen LogP contribution in [0.25, 0.3) is 0 Å². The summed E-state index contributed by atoms with van der Waals surface area (Å²) in [5, 5.41) is 3.11. The Morgan fingerprint density at radius 1 is 1.28 bits per heavy atom. The van der Waals surface area contributed by atoms with E-state index in [9.17, 15) is 4.79 Å². The van der Waals surface area contributed by atoms with Crippen LogP contribution in [0.5, 0.6) is 0 Å². The third kappa shape index (κ3) is 3.59. The molecule has 1 heterocycles. The zero-order valence-electron chi connectivity index (χ0n) is 11.0. The molecule has 2 aliphatic rings. The summed E-state index contributed by atoms with van der Waals surface area (Å²) in [7, 11) is 0. The molecule has 0 aromatic rings. The lowest BCUT2D eigenvalue weighted by Crippen LogP contribution is -2.49. The Kier molecular flexibility index (Phi) is 6.39. The standard InChI is InChI=1S/C13H24N2O2.ClH/c14-10-13(5-7-17-8-6-13)12(16)15-9-11-3-1-2-4-11;/h11H,1-10,14H2,(H,15,16);1H. The van der Waals surface area contributed by atoms with Gasteiger partial charge in [-0.15, -0.1) is 12.4 Å². The number of rotatable bonds is 4. The Hall–Kier alpha value is -0.320. The second-order valence-corrected chi connectivity index (χ2v) is 5.46. The number of carbonyl (C=O) groups is 1. The summed E-state index contributed by atoms with van der Waals surface area (Å²) in [4.78, 5) is 12.3. The van der Waals surface area contributed by atoms with Crippen LogP contribution in [-0.4, -0.2) is 32.2 Å². The highest BCUT2D eigenvalue weighted by atomic mass is 35.5. The average molecular weight is 277 g/mol. The van der Waals surface area contributed by atoms with Gasteiger partial charge < -0.3 is 15.8 Å². The van der Waals surface area contributed by atoms with E-state index in [0.717, 1.165) is 19.4 Å². The number of amides is 1. The lowest BCUT2D eigenvalue weighted by molar-refractivity contribution is -0.136. The van der Waals surface area contributed by atoms with E-state index < -0.39 is 0 Å². The van der Waals surface area contributed by atoms with Crippen LogP contribution in [0.2, 0.25) is 0 Å². The largest absolute Gasteiger partial charge is 0.381 e. The fraction of sp³-hybridized carbons (Fsp3) is 0.923. The van der Waals surface area contributed by atoms with Crippen molar-refractivity contribution >= 4 is 18.3 Å². The van der Waals surface area contributed by atoms with Crippen LogP contribution in [0, 0.1) is 11.3 Å². The molecule has 0 aromatic heterocycles. The highest BCUT2D eigenvalue weighted by Crippen LogP contribution is 2.30. The quantitative estimate of drug-likeness (QED) is 0.817. The first-order chi connectivity index (χ1) is 8.27. The number of nitrogens with one attached hydrogen (secondary N) is 1. The molecule has 1 amide bonds. The van der Waals surface area contributed by atoms with Crippen LogP contribution >= 0.6 is 12.4 Å². The average Bonchev–Trinajstić information content (AvgIpc) is 2.90. The van der Waals surface area contributed by atoms with E-state index in [1.54, 1.807) is 0 Å². The maximum absolute atomic E-state index is 12.3. The van der Waals surface area contributed by atoms with Gasteiger partial charge in [0.1, 0.15) is 0 Å². The summed E-state index contributed by atoms with van der Waals surface area (Å²) in [5.74, 6) is 0.837. The van der Waals surface area contributed by atoms with Crippen molar-refractivity contribution < 1.29 is 9.53 Å². The summed E-state index contributed by atoms with van der Waals surface area (Å²) < 4.78 is 5.32. The minimum atomic E-state index is -0.364. The summed E-state index contributed by atoms with van der Waals surface area (Å²) in [6, 6.07) is 0. The summed E-state index contributed by atoms with van der Waals surface area (Å²) in [5.41, 5.74) is 5.44. The predicted octanol–water partition coefficient (Wildman–Crippen LogP) is 1.47. The first-order valence-corrected chi connectivity index (χ1v) is 6.83. The molecule has 0 radical (unpaired) electrons. The molecule has 5 heteroatoms. The van der Waals surface area contributed by atoms with Gasteiger partial charge in [-0.25, -0.2) is 0 Å². The van der Waals surface area contributed by atoms with E-state index in [4.69, 9.17) is 10.5 Å². The van der Waals surface area contributed by atoms with Crippen LogP contribution in [0.3, 0.4) is 0 Å². The molecular weight excluding hydrogens is 252 g/mol. The lowest BCUT2D eigenvalue weighted by atomic mass is 9.79. The molecule has 18 heavy (non-hydrogen) atoms. The Morgan fingerprint density at radius 3 is 2.44 bits per heavy atom. The fourth-order valence-corrected chi connectivity index (χ4v) is 2.93. The van der Waals surface area contributed by atoms with E-state index in [0.29, 0.717) is 25.7 Å². The molecule has 3 N–H and O–H groups in total. The monoisotopic (exact) mass is 276 g/mol. The highest BCUT2D eigenvalue weighted by molar-refractivity contribution is 5.85. The predicted molar refractivity (Wildman–Crippen MR) is 73.8 cm³/mol. The summed E-state index contributed by atoms with van der Waals surface area (Å²) in [6.45, 7) is 2.59. The van der Waals surface area contributed by atoms with E-state index >= 15 is 0 Å².